The van der Waals surface area contributed by atoms with Crippen LogP contribution in [0.5, 0.6) is 0 Å². The molecule has 0 saturated heterocycles. The Labute approximate surface area is 112 Å². The summed E-state index contributed by atoms with van der Waals surface area (Å²) < 4.78 is 26.7. The van der Waals surface area contributed by atoms with Crippen molar-refractivity contribution in [3.8, 4) is 0 Å². The molecule has 1 aromatic carbocycles. The van der Waals surface area contributed by atoms with Gasteiger partial charge in [0.15, 0.2) is 0 Å². The highest BCUT2D eigenvalue weighted by Crippen LogP contribution is 2.31. The molecule has 0 bridgehead atoms. The molecule has 1 rings (SSSR count). The zero-order valence-corrected chi connectivity index (χ0v) is 12.0. The fourth-order valence-corrected chi connectivity index (χ4v) is 3.30. The van der Waals surface area contributed by atoms with Crippen molar-refractivity contribution in [2.24, 2.45) is 0 Å². The van der Waals surface area contributed by atoms with E-state index in [0.717, 1.165) is 25.3 Å². The topological polar surface area (TPSA) is 12.0 Å². The van der Waals surface area contributed by atoms with Gasteiger partial charge in [-0.25, -0.2) is 8.78 Å². The summed E-state index contributed by atoms with van der Waals surface area (Å²) in [6.45, 7) is 4.21. The highest BCUT2D eigenvalue weighted by atomic mass is 32.2. The first-order valence-corrected chi connectivity index (χ1v) is 7.29. The van der Waals surface area contributed by atoms with Crippen molar-refractivity contribution in [3.05, 3.63) is 29.8 Å². The number of thioether (sulfide) groups is 1. The predicted molar refractivity (Wildman–Crippen MR) is 74.0 cm³/mol. The second kappa shape index (κ2) is 7.74. The molecule has 0 aliphatic rings. The first-order chi connectivity index (χ1) is 8.62. The van der Waals surface area contributed by atoms with Crippen LogP contribution in [0.4, 0.5) is 8.78 Å². The molecular weight excluding hydrogens is 252 g/mol. The van der Waals surface area contributed by atoms with Crippen molar-refractivity contribution in [3.63, 3.8) is 0 Å². The lowest BCUT2D eigenvalue weighted by Gasteiger charge is -2.25. The maximum Gasteiger partial charge on any atom is 0.136 e. The third-order valence-electron chi connectivity index (χ3n) is 2.99. The lowest BCUT2D eigenvalue weighted by Crippen LogP contribution is -2.35. The van der Waals surface area contributed by atoms with Gasteiger partial charge >= 0.3 is 0 Å². The lowest BCUT2D eigenvalue weighted by atomic mass is 10.1. The van der Waals surface area contributed by atoms with E-state index in [1.54, 1.807) is 0 Å². The molecule has 0 aromatic heterocycles. The number of hydrogen-bond acceptors (Lipinski definition) is 2. The largest absolute Gasteiger partial charge is 0.316 e. The molecule has 1 nitrogen and oxygen atoms in total. The van der Waals surface area contributed by atoms with E-state index in [0.29, 0.717) is 10.9 Å². The number of rotatable bonds is 7. The van der Waals surface area contributed by atoms with E-state index < -0.39 is 0 Å². The van der Waals surface area contributed by atoms with Crippen LogP contribution < -0.4 is 5.32 Å². The van der Waals surface area contributed by atoms with E-state index in [2.05, 4.69) is 19.2 Å². The molecule has 18 heavy (non-hydrogen) atoms. The van der Waals surface area contributed by atoms with Gasteiger partial charge in [0.1, 0.15) is 11.6 Å². The molecule has 2 unspecified atom stereocenters. The molecule has 1 N–H and O–H groups in total. The SMILES string of the molecule is CCCC(NC)C(CC)Sc1cc(F)ccc1F. The van der Waals surface area contributed by atoms with E-state index in [4.69, 9.17) is 0 Å². The van der Waals surface area contributed by atoms with Gasteiger partial charge in [0.05, 0.1) is 0 Å². The zero-order chi connectivity index (χ0) is 13.5. The Hall–Kier alpha value is -0.610. The van der Waals surface area contributed by atoms with Crippen molar-refractivity contribution in [1.29, 1.82) is 0 Å². The highest BCUT2D eigenvalue weighted by Gasteiger charge is 2.20. The Morgan fingerprint density at radius 3 is 2.56 bits per heavy atom. The minimum atomic E-state index is -0.384. The molecule has 2 atom stereocenters. The summed E-state index contributed by atoms with van der Waals surface area (Å²) in [6.07, 6.45) is 3.04. The summed E-state index contributed by atoms with van der Waals surface area (Å²) in [5.74, 6) is -0.726. The molecule has 0 amide bonds. The van der Waals surface area contributed by atoms with E-state index >= 15 is 0 Å². The van der Waals surface area contributed by atoms with Crippen molar-refractivity contribution >= 4 is 11.8 Å². The van der Waals surface area contributed by atoms with Gasteiger partial charge < -0.3 is 5.32 Å². The van der Waals surface area contributed by atoms with Crippen molar-refractivity contribution in [2.45, 2.75) is 49.3 Å². The van der Waals surface area contributed by atoms with Crippen molar-refractivity contribution < 1.29 is 8.78 Å². The summed E-state index contributed by atoms with van der Waals surface area (Å²) in [7, 11) is 1.92. The van der Waals surface area contributed by atoms with Crippen LogP contribution >= 0.6 is 11.8 Å². The summed E-state index contributed by atoms with van der Waals surface area (Å²) in [4.78, 5) is 0.401. The standard InChI is InChI=1S/C14H21F2NS/c1-4-6-12(17-3)13(5-2)18-14-9-10(15)7-8-11(14)16/h7-9,12-13,17H,4-6H2,1-3H3. The van der Waals surface area contributed by atoms with Crippen LogP contribution in [0.1, 0.15) is 33.1 Å². The Kier molecular flexibility index (Phi) is 6.65. The fraction of sp³-hybridized carbons (Fsp3) is 0.571. The second-order valence-electron chi connectivity index (χ2n) is 4.32. The van der Waals surface area contributed by atoms with Crippen LogP contribution in [0.3, 0.4) is 0 Å². The average molecular weight is 273 g/mol. The normalized spacial score (nSPS) is 14.5. The average Bonchev–Trinajstić information content (AvgIpc) is 2.37. The Balaban J connectivity index is 2.81. The van der Waals surface area contributed by atoms with Crippen LogP contribution in [0.25, 0.3) is 0 Å². The van der Waals surface area contributed by atoms with Crippen molar-refractivity contribution in [1.82, 2.24) is 5.32 Å². The number of benzene rings is 1. The maximum atomic E-state index is 13.6. The third-order valence-corrected chi connectivity index (χ3v) is 4.52. The van der Waals surface area contributed by atoms with Gasteiger partial charge in [-0.05, 0) is 38.1 Å². The first-order valence-electron chi connectivity index (χ1n) is 6.41. The molecule has 0 aliphatic carbocycles. The maximum absolute atomic E-state index is 13.6. The quantitative estimate of drug-likeness (QED) is 0.746. The van der Waals surface area contributed by atoms with Crippen LogP contribution in [-0.4, -0.2) is 18.3 Å². The van der Waals surface area contributed by atoms with E-state index in [1.165, 1.54) is 23.9 Å². The van der Waals surface area contributed by atoms with E-state index in [-0.39, 0.29) is 16.9 Å². The highest BCUT2D eigenvalue weighted by molar-refractivity contribution is 8.00. The van der Waals surface area contributed by atoms with Gasteiger partial charge in [0.2, 0.25) is 0 Å². The van der Waals surface area contributed by atoms with Crippen LogP contribution in [0, 0.1) is 11.6 Å². The molecule has 0 aliphatic heterocycles. The second-order valence-corrected chi connectivity index (χ2v) is 5.60. The number of halogens is 2. The molecular formula is C14H21F2NS. The molecule has 0 saturated carbocycles. The summed E-state index contributed by atoms with van der Waals surface area (Å²) in [6, 6.07) is 3.95. The van der Waals surface area contributed by atoms with Crippen LogP contribution in [0.15, 0.2) is 23.1 Å². The predicted octanol–water partition coefficient (Wildman–Crippen LogP) is 4.22. The van der Waals surface area contributed by atoms with Crippen LogP contribution in [0.2, 0.25) is 0 Å². The molecule has 0 spiro atoms. The molecule has 1 aromatic rings. The molecule has 0 radical (unpaired) electrons. The molecule has 4 heteroatoms. The van der Waals surface area contributed by atoms with Gasteiger partial charge in [-0.1, -0.05) is 20.3 Å². The summed E-state index contributed by atoms with van der Waals surface area (Å²) in [5, 5.41) is 3.53. The molecule has 0 fully saturated rings. The fourth-order valence-electron chi connectivity index (χ4n) is 2.01. The number of hydrogen-bond donors (Lipinski definition) is 1. The monoisotopic (exact) mass is 273 g/mol. The van der Waals surface area contributed by atoms with Crippen molar-refractivity contribution in [2.75, 3.05) is 7.05 Å². The minimum Gasteiger partial charge on any atom is -0.316 e. The van der Waals surface area contributed by atoms with E-state index in [9.17, 15) is 8.78 Å². The molecule has 0 heterocycles. The number of nitrogens with one attached hydrogen (secondary N) is 1. The van der Waals surface area contributed by atoms with Gasteiger partial charge in [-0.3, -0.25) is 0 Å². The van der Waals surface area contributed by atoms with Gasteiger partial charge in [-0.15, -0.1) is 11.8 Å². The first kappa shape index (κ1) is 15.4. The third kappa shape index (κ3) is 4.25. The Morgan fingerprint density at radius 1 is 1.28 bits per heavy atom. The summed E-state index contributed by atoms with van der Waals surface area (Å²) >= 11 is 1.42. The van der Waals surface area contributed by atoms with Gasteiger partial charge in [-0.2, -0.15) is 0 Å². The Morgan fingerprint density at radius 2 is 2.00 bits per heavy atom. The van der Waals surface area contributed by atoms with E-state index in [1.807, 2.05) is 7.05 Å². The van der Waals surface area contributed by atoms with Gasteiger partial charge in [0.25, 0.3) is 0 Å². The zero-order valence-electron chi connectivity index (χ0n) is 11.2. The summed E-state index contributed by atoms with van der Waals surface area (Å²) in [5.41, 5.74) is 0. The Bertz CT molecular complexity index is 371. The minimum absolute atomic E-state index is 0.256. The van der Waals surface area contributed by atoms with Crippen LogP contribution in [-0.2, 0) is 0 Å². The lowest BCUT2D eigenvalue weighted by molar-refractivity contribution is 0.489. The smallest absolute Gasteiger partial charge is 0.136 e. The molecule has 102 valence electrons. The van der Waals surface area contributed by atoms with Gasteiger partial charge in [0, 0.05) is 16.2 Å².